The molecule has 148 valence electrons. The number of methoxy groups -OCH3 is 1. The number of aromatic amines is 1. The first-order chi connectivity index (χ1) is 13.2. The number of benzene rings is 1. The van der Waals surface area contributed by atoms with Crippen LogP contribution in [-0.2, 0) is 11.2 Å². The predicted molar refractivity (Wildman–Crippen MR) is 105 cm³/mol. The monoisotopic (exact) mass is 383 g/mol. The number of urea groups is 1. The number of H-pyrrole nitrogens is 1. The second-order valence-corrected chi connectivity index (χ2v) is 7.42. The highest BCUT2D eigenvalue weighted by Gasteiger charge is 2.47. The van der Waals surface area contributed by atoms with E-state index in [1.807, 2.05) is 31.2 Å². The average Bonchev–Trinajstić information content (AvgIpc) is 3.11. The first-order valence-electron chi connectivity index (χ1n) is 9.20. The lowest BCUT2D eigenvalue weighted by atomic mass is 9.93. The number of Topliss-reactive ketones (excluding diaryl/α,β-unsaturated/α-hetero) is 1. The fourth-order valence-electron chi connectivity index (χ4n) is 3.49. The molecular formula is C21H25N3O4. The van der Waals surface area contributed by atoms with E-state index in [4.69, 9.17) is 4.74 Å². The molecule has 0 unspecified atom stereocenters. The van der Waals surface area contributed by atoms with E-state index in [0.29, 0.717) is 18.4 Å². The number of carbonyl (C=O) groups excluding carboxylic acids is 3. The molecule has 2 aromatic rings. The van der Waals surface area contributed by atoms with Gasteiger partial charge in [-0.1, -0.05) is 12.1 Å². The van der Waals surface area contributed by atoms with Crippen LogP contribution >= 0.6 is 0 Å². The lowest BCUT2D eigenvalue weighted by molar-refractivity contribution is -0.130. The van der Waals surface area contributed by atoms with Gasteiger partial charge >= 0.3 is 6.03 Å². The number of ketones is 1. The Hall–Kier alpha value is -3.09. The second kappa shape index (κ2) is 7.50. The quantitative estimate of drug-likeness (QED) is 0.568. The summed E-state index contributed by atoms with van der Waals surface area (Å²) in [6.07, 6.45) is 1.06. The Balaban J connectivity index is 1.67. The number of hydrogen-bond acceptors (Lipinski definition) is 4. The summed E-state index contributed by atoms with van der Waals surface area (Å²) < 4.78 is 5.14. The van der Waals surface area contributed by atoms with Crippen LogP contribution in [0.25, 0.3) is 0 Å². The van der Waals surface area contributed by atoms with Crippen LogP contribution in [0.4, 0.5) is 4.79 Å². The molecule has 0 saturated carbocycles. The first-order valence-corrected chi connectivity index (χ1v) is 9.20. The topological polar surface area (TPSA) is 91.5 Å². The van der Waals surface area contributed by atoms with Crippen molar-refractivity contribution in [1.29, 1.82) is 0 Å². The van der Waals surface area contributed by atoms with E-state index < -0.39 is 11.6 Å². The zero-order chi connectivity index (χ0) is 20.5. The van der Waals surface area contributed by atoms with Crippen molar-refractivity contribution >= 4 is 17.7 Å². The minimum atomic E-state index is -1.03. The third-order valence-corrected chi connectivity index (χ3v) is 5.17. The molecule has 0 radical (unpaired) electrons. The Bertz CT molecular complexity index is 916. The van der Waals surface area contributed by atoms with Crippen LogP contribution in [0.3, 0.4) is 0 Å². The summed E-state index contributed by atoms with van der Waals surface area (Å²) in [4.78, 5) is 41.9. The second-order valence-electron chi connectivity index (χ2n) is 7.42. The fraction of sp³-hybridized carbons (Fsp3) is 0.381. The third kappa shape index (κ3) is 3.78. The maximum atomic E-state index is 12.9. The van der Waals surface area contributed by atoms with E-state index in [1.165, 1.54) is 0 Å². The van der Waals surface area contributed by atoms with Gasteiger partial charge in [0.15, 0.2) is 5.78 Å². The zero-order valence-corrected chi connectivity index (χ0v) is 16.6. The van der Waals surface area contributed by atoms with Crippen molar-refractivity contribution in [2.24, 2.45) is 0 Å². The lowest BCUT2D eigenvalue weighted by Crippen LogP contribution is -2.44. The number of amides is 3. The van der Waals surface area contributed by atoms with Gasteiger partial charge in [0.25, 0.3) is 5.91 Å². The van der Waals surface area contributed by atoms with Crippen molar-refractivity contribution in [3.8, 4) is 5.75 Å². The van der Waals surface area contributed by atoms with Gasteiger partial charge in [-0.25, -0.2) is 4.79 Å². The van der Waals surface area contributed by atoms with Crippen LogP contribution in [0.5, 0.6) is 5.75 Å². The molecule has 2 heterocycles. The molecular weight excluding hydrogens is 358 g/mol. The Morgan fingerprint density at radius 2 is 1.86 bits per heavy atom. The van der Waals surface area contributed by atoms with Gasteiger partial charge in [0, 0.05) is 17.0 Å². The molecule has 1 saturated heterocycles. The van der Waals surface area contributed by atoms with Gasteiger partial charge in [-0.3, -0.25) is 14.5 Å². The molecule has 0 aliphatic carbocycles. The number of carbonyl (C=O) groups is 3. The van der Waals surface area contributed by atoms with Crippen LogP contribution in [0.1, 0.15) is 40.7 Å². The summed E-state index contributed by atoms with van der Waals surface area (Å²) in [5.41, 5.74) is 2.11. The summed E-state index contributed by atoms with van der Waals surface area (Å²) in [6.45, 7) is 5.09. The standard InChI is InChI=1S/C21H25N3O4/c1-13-11-17(14(2)22-13)18(25)12-24-19(26)21(3,23-20(24)27)10-9-15-5-7-16(28-4)8-6-15/h5-8,11,22H,9-10,12H2,1-4H3,(H,23,27)/t21-/m0/s1. The zero-order valence-electron chi connectivity index (χ0n) is 16.6. The molecule has 7 heteroatoms. The molecule has 1 aliphatic rings. The highest BCUT2D eigenvalue weighted by molar-refractivity contribution is 6.11. The van der Waals surface area contributed by atoms with Crippen molar-refractivity contribution in [2.75, 3.05) is 13.7 Å². The van der Waals surface area contributed by atoms with E-state index in [9.17, 15) is 14.4 Å². The Morgan fingerprint density at radius 1 is 1.18 bits per heavy atom. The molecule has 1 atom stereocenters. The molecule has 3 amide bonds. The van der Waals surface area contributed by atoms with Crippen molar-refractivity contribution in [3.05, 3.63) is 52.8 Å². The number of aromatic nitrogens is 1. The summed E-state index contributed by atoms with van der Waals surface area (Å²) in [7, 11) is 1.61. The van der Waals surface area contributed by atoms with Crippen LogP contribution in [0.15, 0.2) is 30.3 Å². The van der Waals surface area contributed by atoms with Crippen molar-refractivity contribution in [3.63, 3.8) is 0 Å². The minimum Gasteiger partial charge on any atom is -0.497 e. The largest absolute Gasteiger partial charge is 0.497 e. The summed E-state index contributed by atoms with van der Waals surface area (Å²) in [5.74, 6) is 0.134. The molecule has 1 aliphatic heterocycles. The van der Waals surface area contributed by atoms with Crippen molar-refractivity contribution in [2.45, 2.75) is 39.2 Å². The van der Waals surface area contributed by atoms with Crippen LogP contribution < -0.4 is 10.1 Å². The van der Waals surface area contributed by atoms with Gasteiger partial charge in [-0.05, 0) is 57.4 Å². The normalized spacial score (nSPS) is 19.1. The van der Waals surface area contributed by atoms with Crippen LogP contribution in [0.2, 0.25) is 0 Å². The smallest absolute Gasteiger partial charge is 0.325 e. The molecule has 7 nitrogen and oxygen atoms in total. The number of nitrogens with one attached hydrogen (secondary N) is 2. The highest BCUT2D eigenvalue weighted by Crippen LogP contribution is 2.24. The van der Waals surface area contributed by atoms with E-state index >= 15 is 0 Å². The fourth-order valence-corrected chi connectivity index (χ4v) is 3.49. The average molecular weight is 383 g/mol. The number of imide groups is 1. The van der Waals surface area contributed by atoms with Crippen molar-refractivity contribution in [1.82, 2.24) is 15.2 Å². The maximum absolute atomic E-state index is 12.9. The summed E-state index contributed by atoms with van der Waals surface area (Å²) in [6, 6.07) is 8.79. The van der Waals surface area contributed by atoms with E-state index in [2.05, 4.69) is 10.3 Å². The summed E-state index contributed by atoms with van der Waals surface area (Å²) >= 11 is 0. The molecule has 3 rings (SSSR count). The van der Waals surface area contributed by atoms with E-state index in [0.717, 1.165) is 27.6 Å². The van der Waals surface area contributed by atoms with E-state index in [-0.39, 0.29) is 18.2 Å². The van der Waals surface area contributed by atoms with Gasteiger partial charge in [-0.2, -0.15) is 0 Å². The number of ether oxygens (including phenoxy) is 1. The van der Waals surface area contributed by atoms with Gasteiger partial charge in [0.2, 0.25) is 0 Å². The predicted octanol–water partition coefficient (Wildman–Crippen LogP) is 2.77. The number of nitrogens with zero attached hydrogens (tertiary/aromatic N) is 1. The Morgan fingerprint density at radius 3 is 2.43 bits per heavy atom. The number of hydrogen-bond donors (Lipinski definition) is 2. The highest BCUT2D eigenvalue weighted by atomic mass is 16.5. The molecule has 0 bridgehead atoms. The lowest BCUT2D eigenvalue weighted by Gasteiger charge is -2.21. The Kier molecular flexibility index (Phi) is 5.27. The van der Waals surface area contributed by atoms with Gasteiger partial charge in [0.05, 0.1) is 13.7 Å². The first kappa shape index (κ1) is 19.7. The molecule has 2 N–H and O–H groups in total. The van der Waals surface area contributed by atoms with Gasteiger partial charge < -0.3 is 15.0 Å². The molecule has 1 aromatic heterocycles. The minimum absolute atomic E-state index is 0.259. The van der Waals surface area contributed by atoms with E-state index in [1.54, 1.807) is 27.0 Å². The van der Waals surface area contributed by atoms with Crippen LogP contribution in [-0.4, -0.2) is 46.8 Å². The molecule has 0 spiro atoms. The molecule has 1 aromatic carbocycles. The Labute approximate surface area is 164 Å². The third-order valence-electron chi connectivity index (χ3n) is 5.17. The SMILES string of the molecule is COc1ccc(CC[C@]2(C)NC(=O)N(CC(=O)c3cc(C)[nH]c3C)C2=O)cc1. The maximum Gasteiger partial charge on any atom is 0.325 e. The summed E-state index contributed by atoms with van der Waals surface area (Å²) in [5, 5.41) is 2.75. The van der Waals surface area contributed by atoms with Gasteiger partial charge in [-0.15, -0.1) is 0 Å². The molecule has 1 fully saturated rings. The number of aryl methyl sites for hydroxylation is 3. The number of rotatable bonds is 7. The van der Waals surface area contributed by atoms with Gasteiger partial charge in [0.1, 0.15) is 11.3 Å². The van der Waals surface area contributed by atoms with Crippen LogP contribution in [0, 0.1) is 13.8 Å². The molecule has 28 heavy (non-hydrogen) atoms. The van der Waals surface area contributed by atoms with Crippen molar-refractivity contribution < 1.29 is 19.1 Å².